The first-order valence-corrected chi connectivity index (χ1v) is 6.03. The molecule has 0 aliphatic heterocycles. The Hall–Kier alpha value is -1.55. The largest absolute Gasteiger partial charge is 0.497 e. The van der Waals surface area contributed by atoms with Gasteiger partial charge in [-0.25, -0.2) is 0 Å². The first-order chi connectivity index (χ1) is 8.74. The van der Waals surface area contributed by atoms with Crippen LogP contribution in [0.15, 0.2) is 24.3 Å². The zero-order valence-corrected chi connectivity index (χ0v) is 10.7. The Bertz CT molecular complexity index is 399. The lowest BCUT2D eigenvalue weighted by Crippen LogP contribution is -2.07. The minimum atomic E-state index is -0.118. The predicted molar refractivity (Wildman–Crippen MR) is 66.3 cm³/mol. The maximum absolute atomic E-state index is 11.2. The van der Waals surface area contributed by atoms with Crippen LogP contribution in [0.1, 0.15) is 12.0 Å². The van der Waals surface area contributed by atoms with Crippen LogP contribution in [0.25, 0.3) is 0 Å². The van der Waals surface area contributed by atoms with Gasteiger partial charge in [-0.2, -0.15) is 0 Å². The van der Waals surface area contributed by atoms with Crippen LogP contribution in [-0.4, -0.2) is 26.8 Å². The van der Waals surface area contributed by atoms with E-state index in [1.807, 2.05) is 24.3 Å². The molecule has 98 valence electrons. The van der Waals surface area contributed by atoms with E-state index >= 15 is 0 Å². The van der Waals surface area contributed by atoms with E-state index < -0.39 is 0 Å². The Morgan fingerprint density at radius 3 is 2.61 bits per heavy atom. The summed E-state index contributed by atoms with van der Waals surface area (Å²) in [4.78, 5) is 11.2. The van der Waals surface area contributed by atoms with Crippen LogP contribution in [0, 0.1) is 11.8 Å². The van der Waals surface area contributed by atoms with Gasteiger partial charge in [-0.3, -0.25) is 4.79 Å². The van der Waals surface area contributed by atoms with E-state index in [0.717, 1.165) is 17.7 Å². The highest BCUT2D eigenvalue weighted by Gasteiger charge is 2.43. The molecule has 1 fully saturated rings. The lowest BCUT2D eigenvalue weighted by atomic mass is 10.2. The van der Waals surface area contributed by atoms with Gasteiger partial charge in [0.15, 0.2) is 0 Å². The summed E-state index contributed by atoms with van der Waals surface area (Å²) in [6.07, 6.45) is 0.884. The maximum Gasteiger partial charge on any atom is 0.309 e. The molecule has 0 amide bonds. The second-order valence-corrected chi connectivity index (χ2v) is 4.49. The van der Waals surface area contributed by atoms with Gasteiger partial charge in [0.05, 0.1) is 33.4 Å². The zero-order valence-electron chi connectivity index (χ0n) is 10.7. The summed E-state index contributed by atoms with van der Waals surface area (Å²) in [6.45, 7) is 1.18. The molecule has 1 saturated carbocycles. The molecule has 4 heteroatoms. The third-order valence-corrected chi connectivity index (χ3v) is 3.19. The molecule has 0 N–H and O–H groups in total. The smallest absolute Gasteiger partial charge is 0.309 e. The van der Waals surface area contributed by atoms with E-state index in [1.54, 1.807) is 7.11 Å². The van der Waals surface area contributed by atoms with Gasteiger partial charge in [-0.15, -0.1) is 0 Å². The zero-order chi connectivity index (χ0) is 13.0. The molecule has 4 nitrogen and oxygen atoms in total. The molecular formula is C14H18O4. The number of methoxy groups -OCH3 is 2. The Labute approximate surface area is 107 Å². The SMILES string of the molecule is COC(=O)C1CC1COCc1ccc(OC)cc1. The number of esters is 1. The fraction of sp³-hybridized carbons (Fsp3) is 0.500. The summed E-state index contributed by atoms with van der Waals surface area (Å²) in [5.74, 6) is 1.10. The molecule has 1 aliphatic rings. The van der Waals surface area contributed by atoms with Gasteiger partial charge in [0, 0.05) is 0 Å². The van der Waals surface area contributed by atoms with Crippen LogP contribution in [0.4, 0.5) is 0 Å². The van der Waals surface area contributed by atoms with Gasteiger partial charge < -0.3 is 14.2 Å². The number of carbonyl (C=O) groups is 1. The highest BCUT2D eigenvalue weighted by molar-refractivity contribution is 5.75. The van der Waals surface area contributed by atoms with Gasteiger partial charge >= 0.3 is 5.97 Å². The highest BCUT2D eigenvalue weighted by atomic mass is 16.5. The molecule has 0 radical (unpaired) electrons. The van der Waals surface area contributed by atoms with Gasteiger partial charge in [0.2, 0.25) is 0 Å². The van der Waals surface area contributed by atoms with Crippen LogP contribution < -0.4 is 4.74 Å². The molecule has 18 heavy (non-hydrogen) atoms. The fourth-order valence-electron chi connectivity index (χ4n) is 1.92. The second kappa shape index (κ2) is 5.87. The second-order valence-electron chi connectivity index (χ2n) is 4.49. The van der Waals surface area contributed by atoms with Gasteiger partial charge in [-0.1, -0.05) is 12.1 Å². The molecule has 2 atom stereocenters. The van der Waals surface area contributed by atoms with Crippen molar-refractivity contribution < 1.29 is 19.0 Å². The molecule has 0 saturated heterocycles. The van der Waals surface area contributed by atoms with Crippen LogP contribution in [0.2, 0.25) is 0 Å². The van der Waals surface area contributed by atoms with Crippen molar-refractivity contribution in [3.05, 3.63) is 29.8 Å². The van der Waals surface area contributed by atoms with E-state index in [9.17, 15) is 4.79 Å². The minimum Gasteiger partial charge on any atom is -0.497 e. The van der Waals surface area contributed by atoms with Crippen molar-refractivity contribution in [2.24, 2.45) is 11.8 Å². The van der Waals surface area contributed by atoms with E-state index in [-0.39, 0.29) is 11.9 Å². The molecule has 0 bridgehead atoms. The molecule has 1 aromatic carbocycles. The minimum absolute atomic E-state index is 0.0471. The molecule has 1 aromatic rings. The monoisotopic (exact) mass is 250 g/mol. The fourth-order valence-corrected chi connectivity index (χ4v) is 1.92. The number of hydrogen-bond acceptors (Lipinski definition) is 4. The Morgan fingerprint density at radius 1 is 1.28 bits per heavy atom. The molecule has 0 spiro atoms. The molecule has 0 aromatic heterocycles. The third-order valence-electron chi connectivity index (χ3n) is 3.19. The Morgan fingerprint density at radius 2 is 2.00 bits per heavy atom. The normalized spacial score (nSPS) is 21.4. The van der Waals surface area contributed by atoms with Crippen LogP contribution in [-0.2, 0) is 20.9 Å². The van der Waals surface area contributed by atoms with Crippen molar-refractivity contribution >= 4 is 5.97 Å². The molecule has 2 unspecified atom stereocenters. The average Bonchev–Trinajstić information content (AvgIpc) is 3.18. The molecular weight excluding hydrogens is 232 g/mol. The first kappa shape index (κ1) is 12.9. The van der Waals surface area contributed by atoms with Crippen molar-refractivity contribution in [3.63, 3.8) is 0 Å². The van der Waals surface area contributed by atoms with E-state index in [1.165, 1.54) is 7.11 Å². The van der Waals surface area contributed by atoms with Gasteiger partial charge in [0.25, 0.3) is 0 Å². The number of carbonyl (C=O) groups excluding carboxylic acids is 1. The predicted octanol–water partition coefficient (Wildman–Crippen LogP) is 2.02. The van der Waals surface area contributed by atoms with Crippen molar-refractivity contribution in [3.8, 4) is 5.75 Å². The summed E-state index contributed by atoms with van der Waals surface area (Å²) in [5, 5.41) is 0. The topological polar surface area (TPSA) is 44.8 Å². The summed E-state index contributed by atoms with van der Waals surface area (Å²) < 4.78 is 15.4. The number of benzene rings is 1. The van der Waals surface area contributed by atoms with E-state index in [4.69, 9.17) is 9.47 Å². The highest BCUT2D eigenvalue weighted by Crippen LogP contribution is 2.39. The number of rotatable bonds is 6. The van der Waals surface area contributed by atoms with Crippen LogP contribution >= 0.6 is 0 Å². The summed E-state index contributed by atoms with van der Waals surface area (Å²) in [5.41, 5.74) is 1.10. The lowest BCUT2D eigenvalue weighted by molar-refractivity contribution is -0.142. The van der Waals surface area contributed by atoms with Crippen LogP contribution in [0.5, 0.6) is 5.75 Å². The third kappa shape index (κ3) is 3.23. The van der Waals surface area contributed by atoms with Gasteiger partial charge in [-0.05, 0) is 30.0 Å². The van der Waals surface area contributed by atoms with E-state index in [0.29, 0.717) is 19.1 Å². The summed E-state index contributed by atoms with van der Waals surface area (Å²) >= 11 is 0. The number of ether oxygens (including phenoxy) is 3. The molecule has 0 heterocycles. The van der Waals surface area contributed by atoms with Crippen LogP contribution in [0.3, 0.4) is 0 Å². The van der Waals surface area contributed by atoms with Crippen molar-refractivity contribution in [2.75, 3.05) is 20.8 Å². The Kier molecular flexibility index (Phi) is 4.20. The summed E-state index contributed by atoms with van der Waals surface area (Å²) in [6, 6.07) is 7.77. The standard InChI is InChI=1S/C14H18O4/c1-16-12-5-3-10(4-6-12)8-18-9-11-7-13(11)14(15)17-2/h3-6,11,13H,7-9H2,1-2H3. The van der Waals surface area contributed by atoms with Gasteiger partial charge in [0.1, 0.15) is 5.75 Å². The van der Waals surface area contributed by atoms with Crippen molar-refractivity contribution in [2.45, 2.75) is 13.0 Å². The average molecular weight is 250 g/mol. The summed E-state index contributed by atoms with van der Waals surface area (Å²) in [7, 11) is 3.07. The van der Waals surface area contributed by atoms with Crippen molar-refractivity contribution in [1.29, 1.82) is 0 Å². The van der Waals surface area contributed by atoms with Crippen molar-refractivity contribution in [1.82, 2.24) is 0 Å². The quantitative estimate of drug-likeness (QED) is 0.725. The van der Waals surface area contributed by atoms with E-state index in [2.05, 4.69) is 4.74 Å². The maximum atomic E-state index is 11.2. The number of hydrogen-bond donors (Lipinski definition) is 0. The lowest BCUT2D eigenvalue weighted by Gasteiger charge is -2.05. The molecule has 1 aliphatic carbocycles. The first-order valence-electron chi connectivity index (χ1n) is 6.03. The molecule has 2 rings (SSSR count). The Balaban J connectivity index is 1.68.